The molecule has 42 heavy (non-hydrogen) atoms. The Morgan fingerprint density at radius 3 is 2.52 bits per heavy atom. The number of halogens is 4. The van der Waals surface area contributed by atoms with Gasteiger partial charge in [0, 0.05) is 38.1 Å². The molecule has 5 rings (SSSR count). The van der Waals surface area contributed by atoms with Gasteiger partial charge in [0.25, 0.3) is 0 Å². The van der Waals surface area contributed by atoms with Gasteiger partial charge in [0.1, 0.15) is 17.3 Å². The Hall–Kier alpha value is -3.58. The number of hydrogen-bond acceptors (Lipinski definition) is 8. The van der Waals surface area contributed by atoms with Crippen LogP contribution in [0.1, 0.15) is 6.92 Å². The van der Waals surface area contributed by atoms with Crippen LogP contribution in [0.15, 0.2) is 58.9 Å². The maximum atomic E-state index is 15.0. The molecule has 0 saturated carbocycles. The molecule has 1 amide bonds. The van der Waals surface area contributed by atoms with Crippen molar-refractivity contribution in [3.63, 3.8) is 0 Å². The quantitative estimate of drug-likeness (QED) is 0.228. The molecule has 1 fully saturated rings. The molecule has 1 saturated heterocycles. The van der Waals surface area contributed by atoms with Crippen LogP contribution in [0.5, 0.6) is 0 Å². The summed E-state index contributed by atoms with van der Waals surface area (Å²) in [6, 6.07) is 6.41. The number of rotatable bonds is 5. The minimum Gasteiger partial charge on any atom is -0.350 e. The summed E-state index contributed by atoms with van der Waals surface area (Å²) in [5.41, 5.74) is -1.51. The van der Waals surface area contributed by atoms with Crippen molar-refractivity contribution in [3.05, 3.63) is 80.7 Å². The Labute approximate surface area is 254 Å². The lowest BCUT2D eigenvalue weighted by Crippen LogP contribution is -2.54. The van der Waals surface area contributed by atoms with Crippen molar-refractivity contribution in [2.24, 2.45) is 0 Å². The highest BCUT2D eigenvalue weighted by Crippen LogP contribution is 2.39. The first-order valence-electron chi connectivity index (χ1n) is 12.4. The van der Waals surface area contributed by atoms with Crippen LogP contribution in [0, 0.1) is 5.82 Å². The van der Waals surface area contributed by atoms with Gasteiger partial charge in [-0.15, -0.1) is 0 Å². The van der Waals surface area contributed by atoms with Crippen molar-refractivity contribution >= 4 is 67.4 Å². The van der Waals surface area contributed by atoms with Crippen molar-refractivity contribution in [1.29, 1.82) is 0 Å². The fourth-order valence-corrected chi connectivity index (χ4v) is 6.59. The summed E-state index contributed by atoms with van der Waals surface area (Å²) in [6.07, 6.45) is 3.38. The average molecular weight is 652 g/mol. The number of nitrogens with zero attached hydrogens (tertiary/aromatic N) is 6. The van der Waals surface area contributed by atoms with Gasteiger partial charge in [-0.25, -0.2) is 32.1 Å². The van der Waals surface area contributed by atoms with Crippen LogP contribution >= 0.6 is 34.8 Å². The number of benzene rings is 1. The molecule has 4 aromatic rings. The second-order valence-corrected chi connectivity index (χ2v) is 12.7. The van der Waals surface area contributed by atoms with Gasteiger partial charge in [-0.3, -0.25) is 4.79 Å². The van der Waals surface area contributed by atoms with Crippen LogP contribution in [-0.4, -0.2) is 70.7 Å². The summed E-state index contributed by atoms with van der Waals surface area (Å²) in [4.78, 5) is 42.1. The zero-order chi connectivity index (χ0) is 30.5. The Morgan fingerprint density at radius 1 is 1.14 bits per heavy atom. The van der Waals surface area contributed by atoms with Gasteiger partial charge >= 0.3 is 5.69 Å². The van der Waals surface area contributed by atoms with Gasteiger partial charge in [0.05, 0.1) is 31.6 Å². The van der Waals surface area contributed by atoms with Crippen molar-refractivity contribution in [2.45, 2.75) is 17.9 Å². The molecule has 0 spiro atoms. The molecule has 4 heterocycles. The predicted octanol–water partition coefficient (Wildman–Crippen LogP) is 4.57. The molecule has 10 nitrogen and oxygen atoms in total. The molecule has 218 valence electrons. The summed E-state index contributed by atoms with van der Waals surface area (Å²) in [6.45, 7) is 6.32. The van der Waals surface area contributed by atoms with Crippen LogP contribution < -0.4 is 10.6 Å². The van der Waals surface area contributed by atoms with E-state index in [4.69, 9.17) is 34.8 Å². The number of fused-ring (bicyclic) bond motifs is 1. The Morgan fingerprint density at radius 2 is 1.88 bits per heavy atom. The molecule has 0 bridgehead atoms. The molecular formula is C27H22Cl3FN6O4S. The second kappa shape index (κ2) is 11.3. The number of pyridine rings is 2. The van der Waals surface area contributed by atoms with Crippen LogP contribution in [0.25, 0.3) is 28.0 Å². The number of anilines is 1. The molecule has 15 heteroatoms. The molecule has 0 radical (unpaired) electrons. The second-order valence-electron chi connectivity index (χ2n) is 9.59. The van der Waals surface area contributed by atoms with Crippen molar-refractivity contribution in [1.82, 2.24) is 24.4 Å². The van der Waals surface area contributed by atoms with Gasteiger partial charge in [-0.2, -0.15) is 4.98 Å². The van der Waals surface area contributed by atoms with E-state index in [2.05, 4.69) is 21.5 Å². The van der Waals surface area contributed by atoms with Crippen molar-refractivity contribution < 1.29 is 17.6 Å². The zero-order valence-electron chi connectivity index (χ0n) is 22.2. The van der Waals surface area contributed by atoms with E-state index in [1.807, 2.05) is 11.8 Å². The van der Waals surface area contributed by atoms with Gasteiger partial charge in [-0.05, 0) is 37.3 Å². The molecular weight excluding hydrogens is 630 g/mol. The number of amides is 1. The Balaban J connectivity index is 1.86. The summed E-state index contributed by atoms with van der Waals surface area (Å²) in [7, 11) is -3.93. The summed E-state index contributed by atoms with van der Waals surface area (Å²) in [5, 5.41) is -0.0511. The zero-order valence-corrected chi connectivity index (χ0v) is 25.3. The normalized spacial score (nSPS) is 15.7. The molecule has 0 aliphatic carbocycles. The first-order valence-corrected chi connectivity index (χ1v) is 15.5. The molecule has 1 aliphatic rings. The van der Waals surface area contributed by atoms with Crippen molar-refractivity contribution in [2.75, 3.05) is 30.8 Å². The highest BCUT2D eigenvalue weighted by molar-refractivity contribution is 7.90. The van der Waals surface area contributed by atoms with Crippen molar-refractivity contribution in [3.8, 4) is 16.9 Å². The van der Waals surface area contributed by atoms with Gasteiger partial charge in [0.2, 0.25) is 5.91 Å². The minimum absolute atomic E-state index is 0.00325. The lowest BCUT2D eigenvalue weighted by Gasteiger charge is -2.40. The van der Waals surface area contributed by atoms with Crippen LogP contribution in [0.4, 0.5) is 10.2 Å². The van der Waals surface area contributed by atoms with Gasteiger partial charge < -0.3 is 9.80 Å². The van der Waals surface area contributed by atoms with Crippen LogP contribution in [0.3, 0.4) is 0 Å². The molecule has 0 unspecified atom stereocenters. The molecule has 3 aromatic heterocycles. The molecule has 1 atom stereocenters. The topological polar surface area (TPSA) is 118 Å². The molecule has 1 aromatic carbocycles. The van der Waals surface area contributed by atoms with E-state index in [-0.39, 0.29) is 65.8 Å². The Bertz CT molecular complexity index is 1930. The average Bonchev–Trinajstić information content (AvgIpc) is 2.92. The van der Waals surface area contributed by atoms with E-state index in [0.717, 1.165) is 10.8 Å². The smallest absolute Gasteiger partial charge is 0.350 e. The monoisotopic (exact) mass is 650 g/mol. The fraction of sp³-hybridized carbons (Fsp3) is 0.222. The van der Waals surface area contributed by atoms with Crippen LogP contribution in [-0.2, 0) is 14.6 Å². The SMILES string of the molecule is C=CC(=O)N1CCN(c2nc(=O)n(-c3c(S(C)(=O)=O)ccnc3Cl)c3nc(-c4c(F)cccc4Cl)c(Cl)cc23)[C@@H](C)C1. The lowest BCUT2D eigenvalue weighted by atomic mass is 10.1. The first-order chi connectivity index (χ1) is 19.8. The van der Waals surface area contributed by atoms with Crippen LogP contribution in [0.2, 0.25) is 15.2 Å². The number of carbonyl (C=O) groups is 1. The summed E-state index contributed by atoms with van der Waals surface area (Å²) < 4.78 is 41.4. The van der Waals surface area contributed by atoms with Gasteiger partial charge in [-0.1, -0.05) is 47.4 Å². The Kier molecular flexibility index (Phi) is 8.01. The number of hydrogen-bond donors (Lipinski definition) is 0. The summed E-state index contributed by atoms with van der Waals surface area (Å²) in [5.74, 6) is -0.761. The van der Waals surface area contributed by atoms with E-state index >= 15 is 4.39 Å². The van der Waals surface area contributed by atoms with Gasteiger partial charge in [0.15, 0.2) is 20.6 Å². The maximum Gasteiger partial charge on any atom is 0.355 e. The maximum absolute atomic E-state index is 15.0. The number of carbonyl (C=O) groups excluding carboxylic acids is 1. The van der Waals surface area contributed by atoms with E-state index < -0.39 is 21.3 Å². The third-order valence-electron chi connectivity index (χ3n) is 6.85. The molecule has 0 N–H and O–H groups in total. The molecule has 1 aliphatic heterocycles. The van der Waals surface area contributed by atoms with E-state index in [1.54, 1.807) is 4.90 Å². The van der Waals surface area contributed by atoms with E-state index in [0.29, 0.717) is 19.6 Å². The lowest BCUT2D eigenvalue weighted by molar-refractivity contribution is -0.126. The predicted molar refractivity (Wildman–Crippen MR) is 160 cm³/mol. The standard InChI is InChI=1S/C27H22Cl3FN6O4S/c1-4-20(38)35-10-11-36(14(2)13-35)25-15-12-17(29)22(21-16(28)6-5-7-18(21)31)33-26(15)37(27(39)34-25)23-19(42(3,40)41)8-9-32-24(23)30/h4-9,12,14H,1,10-11,13H2,2-3H3/t14-/m0/s1. The number of piperazine rings is 1. The fourth-order valence-electron chi connectivity index (χ4n) is 4.94. The van der Waals surface area contributed by atoms with E-state index in [9.17, 15) is 18.0 Å². The third-order valence-corrected chi connectivity index (χ3v) is 8.86. The van der Waals surface area contributed by atoms with E-state index in [1.165, 1.54) is 42.6 Å². The largest absolute Gasteiger partial charge is 0.355 e. The number of sulfone groups is 1. The first kappa shape index (κ1) is 29.9. The minimum atomic E-state index is -3.93. The highest BCUT2D eigenvalue weighted by Gasteiger charge is 2.31. The highest BCUT2D eigenvalue weighted by atomic mass is 35.5. The third kappa shape index (κ3) is 5.24. The summed E-state index contributed by atoms with van der Waals surface area (Å²) >= 11 is 19.4. The number of aromatic nitrogens is 4.